The second-order valence-electron chi connectivity index (χ2n) is 2.93. The van der Waals surface area contributed by atoms with Gasteiger partial charge in [-0.1, -0.05) is 0 Å². The van der Waals surface area contributed by atoms with Gasteiger partial charge in [-0.2, -0.15) is 0 Å². The first kappa shape index (κ1) is 12.2. The topological polar surface area (TPSA) is 66.5 Å². The summed E-state index contributed by atoms with van der Waals surface area (Å²) in [5, 5.41) is 0. The maximum atomic E-state index is 11.3. The number of methoxy groups -OCH3 is 1. The van der Waals surface area contributed by atoms with E-state index in [1.807, 2.05) is 0 Å². The van der Waals surface area contributed by atoms with Crippen molar-refractivity contribution in [3.63, 3.8) is 0 Å². The Morgan fingerprint density at radius 2 is 2.20 bits per heavy atom. The number of anilines is 1. The monoisotopic (exact) mass is 276 g/mol. The molecule has 1 heterocycles. The molecule has 0 radical (unpaired) electrons. The molecule has 1 aromatic heterocycles. The summed E-state index contributed by atoms with van der Waals surface area (Å²) in [6.45, 7) is 1.38. The molecule has 0 aliphatic carbocycles. The third-order valence-electron chi connectivity index (χ3n) is 1.74. The molecule has 0 fully saturated rings. The lowest BCUT2D eigenvalue weighted by molar-refractivity contribution is 0.0339. The van der Waals surface area contributed by atoms with Crippen LogP contribution in [0.25, 0.3) is 0 Å². The lowest BCUT2D eigenvalue weighted by atomic mass is 10.4. The van der Waals surface area contributed by atoms with Crippen LogP contribution in [0, 0.1) is 0 Å². The van der Waals surface area contributed by atoms with Crippen molar-refractivity contribution >= 4 is 21.6 Å². The molecule has 2 N–H and O–H groups in total. The normalized spacial score (nSPS) is 10.5. The van der Waals surface area contributed by atoms with Crippen LogP contribution in [0.5, 0.6) is 0 Å². The minimum absolute atomic E-state index is 0.194. The molecular formula is C9H13BrN2O3. The largest absolute Gasteiger partial charge is 0.394 e. The van der Waals surface area contributed by atoms with E-state index in [9.17, 15) is 4.79 Å². The summed E-state index contributed by atoms with van der Waals surface area (Å²) in [5.41, 5.74) is 5.50. The minimum atomic E-state index is -0.205. The summed E-state index contributed by atoms with van der Waals surface area (Å²) in [7, 11) is 1.61. The van der Waals surface area contributed by atoms with Crippen molar-refractivity contribution in [2.24, 2.45) is 0 Å². The van der Waals surface area contributed by atoms with Crippen molar-refractivity contribution in [3.8, 4) is 0 Å². The van der Waals surface area contributed by atoms with E-state index in [1.165, 1.54) is 0 Å². The van der Waals surface area contributed by atoms with Crippen molar-refractivity contribution in [1.82, 2.24) is 4.57 Å². The average Bonchev–Trinajstić information content (AvgIpc) is 2.21. The van der Waals surface area contributed by atoms with E-state index in [1.54, 1.807) is 24.1 Å². The van der Waals surface area contributed by atoms with Crippen molar-refractivity contribution in [1.29, 1.82) is 0 Å². The molecule has 0 saturated carbocycles. The number of hydrogen-bond donors (Lipinski definition) is 1. The number of aromatic nitrogens is 1. The summed E-state index contributed by atoms with van der Waals surface area (Å²) in [5.74, 6) is 0. The Balaban J connectivity index is 2.59. The number of ether oxygens (including phenoxy) is 2. The summed E-state index contributed by atoms with van der Waals surface area (Å²) in [6, 6.07) is 0. The highest BCUT2D eigenvalue weighted by Crippen LogP contribution is 2.06. The van der Waals surface area contributed by atoms with Crippen LogP contribution in [-0.2, 0) is 16.2 Å². The number of nitrogens with two attached hydrogens (primary N) is 1. The van der Waals surface area contributed by atoms with Crippen molar-refractivity contribution in [2.45, 2.75) is 6.73 Å². The van der Waals surface area contributed by atoms with Gasteiger partial charge in [-0.25, -0.2) is 0 Å². The van der Waals surface area contributed by atoms with E-state index in [-0.39, 0.29) is 11.1 Å². The van der Waals surface area contributed by atoms with E-state index in [2.05, 4.69) is 15.9 Å². The van der Waals surface area contributed by atoms with Crippen molar-refractivity contribution < 1.29 is 9.47 Å². The first-order valence-corrected chi connectivity index (χ1v) is 5.16. The van der Waals surface area contributed by atoms with Crippen LogP contribution in [0.4, 0.5) is 5.69 Å². The number of nitrogen functional groups attached to an aromatic ring is 1. The molecule has 1 aromatic rings. The van der Waals surface area contributed by atoms with Crippen LogP contribution in [0.2, 0.25) is 0 Å². The molecule has 5 nitrogen and oxygen atoms in total. The fraction of sp³-hybridized carbons (Fsp3) is 0.444. The smallest absolute Gasteiger partial charge is 0.218 e. The van der Waals surface area contributed by atoms with E-state index in [0.717, 1.165) is 0 Å². The highest BCUT2D eigenvalue weighted by molar-refractivity contribution is 9.10. The van der Waals surface area contributed by atoms with Gasteiger partial charge in [0.05, 0.1) is 23.4 Å². The molecule has 0 aromatic carbocycles. The maximum absolute atomic E-state index is 11.3. The predicted molar refractivity (Wildman–Crippen MR) is 60.6 cm³/mol. The zero-order valence-electron chi connectivity index (χ0n) is 8.40. The van der Waals surface area contributed by atoms with Gasteiger partial charge in [0.2, 0.25) is 5.43 Å². The molecule has 0 aliphatic heterocycles. The highest BCUT2D eigenvalue weighted by Gasteiger charge is 2.01. The first-order chi connectivity index (χ1) is 7.15. The number of halogens is 1. The second-order valence-corrected chi connectivity index (χ2v) is 3.79. The molecule has 0 bridgehead atoms. The lowest BCUT2D eigenvalue weighted by Gasteiger charge is -2.08. The minimum Gasteiger partial charge on any atom is -0.394 e. The third-order valence-corrected chi connectivity index (χ3v) is 2.30. The Morgan fingerprint density at radius 1 is 1.47 bits per heavy atom. The molecule has 0 unspecified atom stereocenters. The Labute approximate surface area is 95.9 Å². The molecule has 0 aliphatic rings. The van der Waals surface area contributed by atoms with Crippen LogP contribution >= 0.6 is 15.9 Å². The van der Waals surface area contributed by atoms with Crippen molar-refractivity contribution in [2.75, 3.05) is 26.1 Å². The fourth-order valence-corrected chi connectivity index (χ4v) is 1.50. The molecule has 1 rings (SSSR count). The Hall–Kier alpha value is -0.850. The average molecular weight is 277 g/mol. The van der Waals surface area contributed by atoms with Crippen LogP contribution in [0.3, 0.4) is 0 Å². The SMILES string of the molecule is COCCOCn1cc(N)c(=O)c(Br)c1. The Morgan fingerprint density at radius 3 is 2.80 bits per heavy atom. The molecule has 84 valence electrons. The van der Waals surface area contributed by atoms with Crippen LogP contribution in [0.1, 0.15) is 0 Å². The van der Waals surface area contributed by atoms with Gasteiger partial charge in [-0.15, -0.1) is 0 Å². The third kappa shape index (κ3) is 3.65. The predicted octanol–water partition coefficient (Wildman–Crippen LogP) is 0.814. The molecule has 0 amide bonds. The number of rotatable bonds is 5. The van der Waals surface area contributed by atoms with E-state index in [0.29, 0.717) is 24.4 Å². The second kappa shape index (κ2) is 5.89. The lowest BCUT2D eigenvalue weighted by Crippen LogP contribution is -2.15. The molecule has 15 heavy (non-hydrogen) atoms. The first-order valence-electron chi connectivity index (χ1n) is 4.37. The van der Waals surface area contributed by atoms with Gasteiger partial charge in [0.15, 0.2) is 0 Å². The zero-order chi connectivity index (χ0) is 11.3. The van der Waals surface area contributed by atoms with Gasteiger partial charge in [0.25, 0.3) is 0 Å². The molecule has 6 heteroatoms. The van der Waals surface area contributed by atoms with E-state index < -0.39 is 0 Å². The van der Waals surface area contributed by atoms with E-state index >= 15 is 0 Å². The summed E-state index contributed by atoms with van der Waals surface area (Å²) < 4.78 is 12.2. The van der Waals surface area contributed by atoms with Gasteiger partial charge in [-0.05, 0) is 15.9 Å². The van der Waals surface area contributed by atoms with Crippen LogP contribution in [-0.4, -0.2) is 24.9 Å². The van der Waals surface area contributed by atoms with Crippen LogP contribution < -0.4 is 11.2 Å². The van der Waals surface area contributed by atoms with Crippen molar-refractivity contribution in [3.05, 3.63) is 27.1 Å². The quantitative estimate of drug-likeness (QED) is 0.809. The standard InChI is InChI=1S/C9H13BrN2O3/c1-14-2-3-15-6-12-4-7(10)9(13)8(11)5-12/h4-5H,2-3,6,11H2,1H3. The maximum Gasteiger partial charge on any atom is 0.218 e. The molecule has 0 saturated heterocycles. The molecule has 0 spiro atoms. The highest BCUT2D eigenvalue weighted by atomic mass is 79.9. The molecular weight excluding hydrogens is 264 g/mol. The van der Waals surface area contributed by atoms with Gasteiger partial charge in [0.1, 0.15) is 6.73 Å². The van der Waals surface area contributed by atoms with E-state index in [4.69, 9.17) is 15.2 Å². The Bertz CT molecular complexity index is 352. The summed E-state index contributed by atoms with van der Waals surface area (Å²) in [4.78, 5) is 11.3. The van der Waals surface area contributed by atoms with Gasteiger partial charge in [0, 0.05) is 19.5 Å². The van der Waals surface area contributed by atoms with Gasteiger partial charge in [-0.3, -0.25) is 4.79 Å². The summed E-state index contributed by atoms with van der Waals surface area (Å²) >= 11 is 3.13. The summed E-state index contributed by atoms with van der Waals surface area (Å²) in [6.07, 6.45) is 3.17. The fourth-order valence-electron chi connectivity index (χ4n) is 1.00. The van der Waals surface area contributed by atoms with Gasteiger partial charge < -0.3 is 19.8 Å². The molecule has 0 atom stereocenters. The number of nitrogens with zero attached hydrogens (tertiary/aromatic N) is 1. The zero-order valence-corrected chi connectivity index (χ0v) is 9.99. The van der Waals surface area contributed by atoms with Gasteiger partial charge >= 0.3 is 0 Å². The number of hydrogen-bond acceptors (Lipinski definition) is 4. The van der Waals surface area contributed by atoms with Crippen LogP contribution in [0.15, 0.2) is 21.7 Å². The number of pyridine rings is 1. The Kier molecular flexibility index (Phi) is 4.80.